The standard InChI is InChI=1S/C16H25N7O2/c1-20(2)15(24)11-25-10-13-8-23(7-12-5-17-21(3)6-12)9-14-16(13)22(4)19-18-14/h5-6,13H,7-11H2,1-4H3/t13-/m1/s1. The average Bonchev–Trinajstić information content (AvgIpc) is 3.13. The second-order valence-electron chi connectivity index (χ2n) is 6.74. The van der Waals surface area contributed by atoms with Crippen molar-refractivity contribution in [2.45, 2.75) is 19.0 Å². The third kappa shape index (κ3) is 4.05. The fourth-order valence-corrected chi connectivity index (χ4v) is 3.18. The Kier molecular flexibility index (Phi) is 5.14. The molecule has 0 aliphatic carbocycles. The van der Waals surface area contributed by atoms with Gasteiger partial charge in [-0.25, -0.2) is 0 Å². The molecule has 1 amide bonds. The Hall–Kier alpha value is -2.26. The number of carbonyl (C=O) groups is 1. The number of aromatic nitrogens is 5. The Morgan fingerprint density at radius 2 is 2.20 bits per heavy atom. The molecule has 0 radical (unpaired) electrons. The molecule has 0 saturated carbocycles. The second-order valence-corrected chi connectivity index (χ2v) is 6.74. The normalized spacial score (nSPS) is 17.5. The summed E-state index contributed by atoms with van der Waals surface area (Å²) in [5.74, 6) is 0.0989. The monoisotopic (exact) mass is 347 g/mol. The van der Waals surface area contributed by atoms with Gasteiger partial charge in [0.15, 0.2) is 0 Å². The van der Waals surface area contributed by atoms with Crippen molar-refractivity contribution >= 4 is 5.91 Å². The van der Waals surface area contributed by atoms with Gasteiger partial charge in [-0.3, -0.25) is 19.1 Å². The first kappa shape index (κ1) is 17.6. The van der Waals surface area contributed by atoms with E-state index >= 15 is 0 Å². The van der Waals surface area contributed by atoms with Crippen LogP contribution in [0.5, 0.6) is 0 Å². The number of rotatable bonds is 6. The molecule has 1 aliphatic heterocycles. The van der Waals surface area contributed by atoms with Crippen LogP contribution < -0.4 is 0 Å². The van der Waals surface area contributed by atoms with Crippen LogP contribution in [0.25, 0.3) is 0 Å². The van der Waals surface area contributed by atoms with Crippen LogP contribution in [0.4, 0.5) is 0 Å². The van der Waals surface area contributed by atoms with Gasteiger partial charge in [0, 0.05) is 65.5 Å². The maximum atomic E-state index is 11.7. The second kappa shape index (κ2) is 7.32. The number of amides is 1. The molecule has 0 spiro atoms. The molecule has 2 aromatic rings. The molecule has 9 heteroatoms. The number of ether oxygens (including phenoxy) is 1. The summed E-state index contributed by atoms with van der Waals surface area (Å²) in [6, 6.07) is 0. The molecule has 0 bridgehead atoms. The van der Waals surface area contributed by atoms with Crippen LogP contribution in [0.1, 0.15) is 22.9 Å². The Labute approximate surface area is 147 Å². The first-order valence-corrected chi connectivity index (χ1v) is 8.30. The molecule has 3 rings (SSSR count). The van der Waals surface area contributed by atoms with Gasteiger partial charge in [0.1, 0.15) is 12.3 Å². The molecule has 136 valence electrons. The summed E-state index contributed by atoms with van der Waals surface area (Å²) >= 11 is 0. The molecule has 0 aromatic carbocycles. The summed E-state index contributed by atoms with van der Waals surface area (Å²) in [5.41, 5.74) is 3.24. The molecule has 1 atom stereocenters. The Morgan fingerprint density at radius 1 is 1.40 bits per heavy atom. The van der Waals surface area contributed by atoms with Gasteiger partial charge >= 0.3 is 0 Å². The van der Waals surface area contributed by atoms with Crippen LogP contribution in [-0.2, 0) is 36.7 Å². The van der Waals surface area contributed by atoms with E-state index in [4.69, 9.17) is 4.74 Å². The number of hydrogen-bond donors (Lipinski definition) is 0. The molecule has 0 N–H and O–H groups in total. The third-order valence-corrected chi connectivity index (χ3v) is 4.39. The predicted octanol–water partition coefficient (Wildman–Crippen LogP) is -0.247. The Morgan fingerprint density at radius 3 is 2.88 bits per heavy atom. The van der Waals surface area contributed by atoms with Gasteiger partial charge in [-0.15, -0.1) is 5.10 Å². The van der Waals surface area contributed by atoms with Crippen molar-refractivity contribution in [3.8, 4) is 0 Å². The fourth-order valence-electron chi connectivity index (χ4n) is 3.18. The lowest BCUT2D eigenvalue weighted by Gasteiger charge is -2.31. The lowest BCUT2D eigenvalue weighted by molar-refractivity contribution is -0.133. The van der Waals surface area contributed by atoms with Crippen LogP contribution in [-0.4, -0.2) is 74.3 Å². The van der Waals surface area contributed by atoms with Gasteiger partial charge in [0.2, 0.25) is 5.91 Å². The molecular formula is C16H25N7O2. The maximum absolute atomic E-state index is 11.7. The zero-order chi connectivity index (χ0) is 18.0. The van der Waals surface area contributed by atoms with E-state index in [1.807, 2.05) is 31.2 Å². The molecule has 9 nitrogen and oxygen atoms in total. The summed E-state index contributed by atoms with van der Waals surface area (Å²) in [6.45, 7) is 2.95. The van der Waals surface area contributed by atoms with Crippen molar-refractivity contribution in [2.75, 3.05) is 33.9 Å². The van der Waals surface area contributed by atoms with Gasteiger partial charge in [-0.05, 0) is 0 Å². The van der Waals surface area contributed by atoms with Gasteiger partial charge in [-0.1, -0.05) is 5.21 Å². The van der Waals surface area contributed by atoms with Crippen LogP contribution in [0.15, 0.2) is 12.4 Å². The number of nitrogens with zero attached hydrogens (tertiary/aromatic N) is 7. The van der Waals surface area contributed by atoms with Gasteiger partial charge in [-0.2, -0.15) is 5.10 Å². The van der Waals surface area contributed by atoms with E-state index in [1.165, 1.54) is 4.90 Å². The molecular weight excluding hydrogens is 322 g/mol. The predicted molar refractivity (Wildman–Crippen MR) is 90.6 cm³/mol. The largest absolute Gasteiger partial charge is 0.371 e. The van der Waals surface area contributed by atoms with Gasteiger partial charge in [0.25, 0.3) is 0 Å². The number of fused-ring (bicyclic) bond motifs is 1. The number of carbonyl (C=O) groups excluding carboxylic acids is 1. The summed E-state index contributed by atoms with van der Waals surface area (Å²) in [7, 11) is 7.27. The molecule has 2 aromatic heterocycles. The van der Waals surface area contributed by atoms with Crippen molar-refractivity contribution in [3.05, 3.63) is 29.3 Å². The zero-order valence-electron chi connectivity index (χ0n) is 15.2. The summed E-state index contributed by atoms with van der Waals surface area (Å²) in [4.78, 5) is 15.6. The van der Waals surface area contributed by atoms with Crippen molar-refractivity contribution in [2.24, 2.45) is 14.1 Å². The SMILES string of the molecule is CN(C)C(=O)COC[C@H]1CN(Cc2cnn(C)c2)Cc2nnn(C)c21. The highest BCUT2D eigenvalue weighted by molar-refractivity contribution is 5.76. The highest BCUT2D eigenvalue weighted by Gasteiger charge is 2.30. The van der Waals surface area contributed by atoms with E-state index in [0.717, 1.165) is 36.6 Å². The number of likely N-dealkylation sites (N-methyl/N-ethyl adjacent to an activating group) is 1. The van der Waals surface area contributed by atoms with Crippen molar-refractivity contribution in [1.29, 1.82) is 0 Å². The molecule has 3 heterocycles. The van der Waals surface area contributed by atoms with Crippen molar-refractivity contribution in [1.82, 2.24) is 34.6 Å². The Bertz CT molecular complexity index is 737. The first-order chi connectivity index (χ1) is 11.9. The highest BCUT2D eigenvalue weighted by Crippen LogP contribution is 2.27. The molecule has 1 aliphatic rings. The summed E-state index contributed by atoms with van der Waals surface area (Å²) in [6.07, 6.45) is 3.90. The Balaban J connectivity index is 1.67. The molecule has 25 heavy (non-hydrogen) atoms. The van der Waals surface area contributed by atoms with E-state index in [0.29, 0.717) is 6.61 Å². The van der Waals surface area contributed by atoms with E-state index in [2.05, 4.69) is 20.3 Å². The number of aryl methyl sites for hydroxylation is 2. The van der Waals surface area contributed by atoms with Crippen LogP contribution in [0, 0.1) is 0 Å². The zero-order valence-corrected chi connectivity index (χ0v) is 15.2. The minimum atomic E-state index is -0.0358. The molecule has 0 saturated heterocycles. The average molecular weight is 347 g/mol. The van der Waals surface area contributed by atoms with Crippen LogP contribution >= 0.6 is 0 Å². The maximum Gasteiger partial charge on any atom is 0.248 e. The highest BCUT2D eigenvalue weighted by atomic mass is 16.5. The van der Waals surface area contributed by atoms with E-state index in [-0.39, 0.29) is 18.4 Å². The smallest absolute Gasteiger partial charge is 0.248 e. The minimum Gasteiger partial charge on any atom is -0.371 e. The van der Waals surface area contributed by atoms with E-state index in [9.17, 15) is 4.79 Å². The lowest BCUT2D eigenvalue weighted by atomic mass is 9.98. The van der Waals surface area contributed by atoms with E-state index in [1.54, 1.807) is 18.8 Å². The van der Waals surface area contributed by atoms with Crippen molar-refractivity contribution in [3.63, 3.8) is 0 Å². The van der Waals surface area contributed by atoms with Gasteiger partial charge in [0.05, 0.1) is 18.5 Å². The van der Waals surface area contributed by atoms with Gasteiger partial charge < -0.3 is 9.64 Å². The van der Waals surface area contributed by atoms with Crippen LogP contribution in [0.2, 0.25) is 0 Å². The first-order valence-electron chi connectivity index (χ1n) is 8.30. The summed E-state index contributed by atoms with van der Waals surface area (Å²) in [5, 5.41) is 12.7. The minimum absolute atomic E-state index is 0.0358. The third-order valence-electron chi connectivity index (χ3n) is 4.39. The quantitative estimate of drug-likeness (QED) is 0.717. The molecule has 0 fully saturated rings. The number of hydrogen-bond acceptors (Lipinski definition) is 6. The van der Waals surface area contributed by atoms with Crippen molar-refractivity contribution < 1.29 is 9.53 Å². The molecule has 0 unspecified atom stereocenters. The fraction of sp³-hybridized carbons (Fsp3) is 0.625. The van der Waals surface area contributed by atoms with Crippen LogP contribution in [0.3, 0.4) is 0 Å². The topological polar surface area (TPSA) is 81.3 Å². The van der Waals surface area contributed by atoms with E-state index < -0.39 is 0 Å². The summed E-state index contributed by atoms with van der Waals surface area (Å²) < 4.78 is 9.30. The lowest BCUT2D eigenvalue weighted by Crippen LogP contribution is -2.36.